The van der Waals surface area contributed by atoms with Crippen molar-refractivity contribution < 1.29 is 18.9 Å². The van der Waals surface area contributed by atoms with Crippen LogP contribution in [0.2, 0.25) is 0 Å². The summed E-state index contributed by atoms with van der Waals surface area (Å²) in [5.74, 6) is 0. The molecule has 1 atom stereocenters. The molecule has 2 N–H and O–H groups in total. The second-order valence-electron chi connectivity index (χ2n) is 7.50. The molecule has 1 unspecified atom stereocenters. The summed E-state index contributed by atoms with van der Waals surface area (Å²) in [6.45, 7) is 1.63. The summed E-state index contributed by atoms with van der Waals surface area (Å²) in [5.41, 5.74) is 4.55. The van der Waals surface area contributed by atoms with Gasteiger partial charge < -0.3 is 10.2 Å². The van der Waals surface area contributed by atoms with Crippen LogP contribution in [0.15, 0.2) is 90.2 Å². The number of aryl methyl sites for hydroxylation is 1. The molecule has 0 aliphatic rings. The summed E-state index contributed by atoms with van der Waals surface area (Å²) in [4.78, 5) is 22.2. The van der Waals surface area contributed by atoms with Gasteiger partial charge in [0.05, 0.1) is 11.4 Å². The number of thiazole rings is 1. The summed E-state index contributed by atoms with van der Waals surface area (Å²) in [6, 6.07) is 23.5. The van der Waals surface area contributed by atoms with Gasteiger partial charge in [0.2, 0.25) is 0 Å². The molecule has 10 heteroatoms. The molecule has 36 heavy (non-hydrogen) atoms. The third-order valence-corrected chi connectivity index (χ3v) is 6.79. The third kappa shape index (κ3) is 5.35. The van der Waals surface area contributed by atoms with Gasteiger partial charge in [-0.25, -0.2) is 18.9 Å². The van der Waals surface area contributed by atoms with Crippen molar-refractivity contribution in [2.24, 2.45) is 4.99 Å². The van der Waals surface area contributed by atoms with E-state index >= 15 is 0 Å². The zero-order valence-corrected chi connectivity index (χ0v) is 20.7. The summed E-state index contributed by atoms with van der Waals surface area (Å²) in [5, 5.41) is 19.9. The van der Waals surface area contributed by atoms with Crippen molar-refractivity contribution in [3.05, 3.63) is 113 Å². The first-order valence-electron chi connectivity index (χ1n) is 10.7. The number of halogens is 1. The van der Waals surface area contributed by atoms with Crippen LogP contribution >= 0.6 is 23.7 Å². The second-order valence-corrected chi connectivity index (χ2v) is 9.04. The van der Waals surface area contributed by atoms with Crippen LogP contribution < -0.4 is 0 Å². The van der Waals surface area contributed by atoms with Crippen molar-refractivity contribution >= 4 is 51.9 Å². The number of nitrogens with zero attached hydrogens (tertiary/aromatic N) is 4. The highest BCUT2D eigenvalue weighted by molar-refractivity contribution is 7.92. The topological polar surface area (TPSA) is 101 Å². The van der Waals surface area contributed by atoms with Crippen LogP contribution in [0, 0.1) is 6.92 Å². The fraction of sp³-hybridized carbons (Fsp3) is 0.0769. The van der Waals surface area contributed by atoms with Gasteiger partial charge in [0.1, 0.15) is 16.1 Å². The summed E-state index contributed by atoms with van der Waals surface area (Å²) in [6.07, 6.45) is 2.14. The molecular weight excluding hydrogens is 499 g/mol. The van der Waals surface area contributed by atoms with Crippen LogP contribution in [-0.2, 0) is 4.79 Å². The predicted octanol–water partition coefficient (Wildman–Crippen LogP) is 6.13. The van der Waals surface area contributed by atoms with Crippen LogP contribution in [0.1, 0.15) is 33.5 Å². The Balaban J connectivity index is 0.000000967. The largest absolute Gasteiger partial charge is 0.483 e. The number of benzene rings is 2. The molecule has 5 aromatic rings. The molecule has 0 fully saturated rings. The van der Waals surface area contributed by atoms with Gasteiger partial charge in [-0.2, -0.15) is 0 Å². The second kappa shape index (κ2) is 11.7. The molecular formula is C26H21FN4O3S2. The lowest BCUT2D eigenvalue weighted by Gasteiger charge is -2.07. The van der Waals surface area contributed by atoms with E-state index in [0.29, 0.717) is 26.6 Å². The Morgan fingerprint density at radius 3 is 2.28 bits per heavy atom. The molecule has 182 valence electrons. The van der Waals surface area contributed by atoms with E-state index in [1.54, 1.807) is 18.5 Å². The van der Waals surface area contributed by atoms with Gasteiger partial charge in [-0.1, -0.05) is 72.0 Å². The van der Waals surface area contributed by atoms with Crippen LogP contribution in [-0.4, -0.2) is 36.3 Å². The number of carbonyl (C=O) groups is 1. The minimum Gasteiger partial charge on any atom is -0.483 e. The number of fused-ring (bicyclic) bond motifs is 1. The number of aliphatic imine (C=N–C) groups is 1. The lowest BCUT2D eigenvalue weighted by Crippen LogP contribution is -2.02. The van der Waals surface area contributed by atoms with E-state index in [2.05, 4.69) is 9.97 Å². The maximum Gasteiger partial charge on any atom is 0.290 e. The van der Waals surface area contributed by atoms with Crippen LogP contribution in [0.5, 0.6) is 0 Å². The molecule has 3 aromatic heterocycles. The van der Waals surface area contributed by atoms with Gasteiger partial charge in [-0.05, 0) is 19.1 Å². The summed E-state index contributed by atoms with van der Waals surface area (Å²) in [7, 11) is 0. The van der Waals surface area contributed by atoms with E-state index in [-0.39, 0.29) is 18.8 Å². The number of aliphatic hydroxyl groups excluding tert-OH is 1. The zero-order valence-electron chi connectivity index (χ0n) is 19.0. The molecule has 7 nitrogen and oxygen atoms in total. The summed E-state index contributed by atoms with van der Waals surface area (Å²) < 4.78 is 14.7. The first kappa shape index (κ1) is 25.2. The Morgan fingerprint density at radius 1 is 1.08 bits per heavy atom. The Labute approximate surface area is 215 Å². The minimum atomic E-state index is -1.02. The van der Waals surface area contributed by atoms with E-state index < -0.39 is 6.10 Å². The quantitative estimate of drug-likeness (QED) is 0.206. The monoisotopic (exact) mass is 520 g/mol. The van der Waals surface area contributed by atoms with Crippen molar-refractivity contribution in [1.29, 1.82) is 0 Å². The van der Waals surface area contributed by atoms with Crippen molar-refractivity contribution in [2.75, 3.05) is 0 Å². The number of pyridine rings is 1. The van der Waals surface area contributed by atoms with Crippen LogP contribution in [0.3, 0.4) is 0 Å². The Morgan fingerprint density at radius 2 is 1.69 bits per heavy atom. The van der Waals surface area contributed by atoms with Gasteiger partial charge in [-0.3, -0.25) is 4.79 Å². The number of rotatable bonds is 6. The van der Waals surface area contributed by atoms with Gasteiger partial charge in [-0.15, -0.1) is 3.89 Å². The first-order valence-corrected chi connectivity index (χ1v) is 12.2. The van der Waals surface area contributed by atoms with Crippen molar-refractivity contribution in [3.8, 4) is 0 Å². The molecule has 3 heterocycles. The average molecular weight is 521 g/mol. The highest BCUT2D eigenvalue weighted by Crippen LogP contribution is 2.37. The number of aliphatic hydroxyl groups is 1. The molecule has 0 aliphatic heterocycles. The zero-order chi connectivity index (χ0) is 25.5. The minimum absolute atomic E-state index is 0.0479. The smallest absolute Gasteiger partial charge is 0.290 e. The Bertz CT molecular complexity index is 1450. The maximum absolute atomic E-state index is 13.4. The van der Waals surface area contributed by atoms with E-state index in [9.17, 15) is 8.99 Å². The molecule has 0 saturated heterocycles. The highest BCUT2D eigenvalue weighted by Gasteiger charge is 2.23. The standard InChI is InChI=1S/C25H19FN4OS2.CH2O2/c1-16-24(29-21(17-9-4-2-5-10-17)18-11-6-3-7-12-18)32-25(28-16)22(31)20-15-30(33-26)23-19(20)13-8-14-27-23;2-1-3/h2-15,22,31H,1H3;1H,(H,2,3). The Hall–Kier alpha value is -3.86. The molecule has 0 amide bonds. The number of hydrogen-bond acceptors (Lipinski definition) is 7. The number of aromatic nitrogens is 3. The fourth-order valence-electron chi connectivity index (χ4n) is 3.68. The van der Waals surface area contributed by atoms with Gasteiger partial charge >= 0.3 is 0 Å². The molecule has 0 radical (unpaired) electrons. The van der Waals surface area contributed by atoms with Gasteiger partial charge in [0.15, 0.2) is 18.0 Å². The maximum atomic E-state index is 13.4. The highest BCUT2D eigenvalue weighted by atomic mass is 32.2. The van der Waals surface area contributed by atoms with Gasteiger partial charge in [0.25, 0.3) is 6.47 Å². The van der Waals surface area contributed by atoms with Crippen molar-refractivity contribution in [2.45, 2.75) is 13.0 Å². The normalized spacial score (nSPS) is 11.4. The van der Waals surface area contributed by atoms with E-state index in [1.165, 1.54) is 15.3 Å². The van der Waals surface area contributed by atoms with E-state index in [1.807, 2.05) is 73.7 Å². The van der Waals surface area contributed by atoms with Crippen LogP contribution in [0.4, 0.5) is 8.89 Å². The molecule has 0 bridgehead atoms. The lowest BCUT2D eigenvalue weighted by atomic mass is 10.0. The number of carboxylic acid groups (broad SMARTS) is 1. The average Bonchev–Trinajstić information content (AvgIpc) is 3.48. The molecule has 0 spiro atoms. The van der Waals surface area contributed by atoms with E-state index in [0.717, 1.165) is 22.5 Å². The summed E-state index contributed by atoms with van der Waals surface area (Å²) >= 11 is 1.37. The fourth-order valence-corrected chi connectivity index (χ4v) is 4.99. The molecule has 5 rings (SSSR count). The van der Waals surface area contributed by atoms with Crippen LogP contribution in [0.25, 0.3) is 11.0 Å². The van der Waals surface area contributed by atoms with E-state index in [4.69, 9.17) is 14.9 Å². The van der Waals surface area contributed by atoms with Crippen molar-refractivity contribution in [1.82, 2.24) is 13.9 Å². The first-order chi connectivity index (χ1) is 17.6. The SMILES string of the molecule is Cc1nc(C(O)c2cn(SF)c3ncccc23)sc1N=C(c1ccccc1)c1ccccc1.O=CO. The predicted molar refractivity (Wildman–Crippen MR) is 142 cm³/mol. The third-order valence-electron chi connectivity index (χ3n) is 5.26. The lowest BCUT2D eigenvalue weighted by molar-refractivity contribution is -0.122. The Kier molecular flexibility index (Phi) is 8.21. The van der Waals surface area contributed by atoms with Crippen molar-refractivity contribution in [3.63, 3.8) is 0 Å². The molecule has 2 aromatic carbocycles. The molecule has 0 saturated carbocycles. The molecule has 0 aliphatic carbocycles. The number of hydrogen-bond donors (Lipinski definition) is 2. The van der Waals surface area contributed by atoms with Gasteiger partial charge in [0, 0.05) is 34.5 Å².